The largest absolute Gasteiger partial charge is 0.383 e. The van der Waals surface area contributed by atoms with E-state index in [1.165, 1.54) is 24.8 Å². The molecule has 0 radical (unpaired) electrons. The summed E-state index contributed by atoms with van der Waals surface area (Å²) in [6.45, 7) is 3.16. The van der Waals surface area contributed by atoms with Gasteiger partial charge in [-0.1, -0.05) is 35.9 Å². The highest BCUT2D eigenvalue weighted by molar-refractivity contribution is 7.89. The van der Waals surface area contributed by atoms with Crippen LogP contribution in [0.2, 0.25) is 0 Å². The minimum atomic E-state index is -3.68. The number of hydrogen-bond donors (Lipinski definition) is 1. The van der Waals surface area contributed by atoms with Crippen molar-refractivity contribution in [3.8, 4) is 0 Å². The van der Waals surface area contributed by atoms with Gasteiger partial charge in [-0.3, -0.25) is 4.79 Å². The summed E-state index contributed by atoms with van der Waals surface area (Å²) in [5, 5.41) is 0. The number of carbonyl (C=O) groups excluding carboxylic acids is 1. The minimum absolute atomic E-state index is 0.0215. The van der Waals surface area contributed by atoms with Crippen LogP contribution in [0.5, 0.6) is 0 Å². The van der Waals surface area contributed by atoms with Crippen molar-refractivity contribution < 1.29 is 17.9 Å². The number of nitrogens with one attached hydrogen (secondary N) is 1. The Hall–Kier alpha value is -2.22. The molecule has 1 N–H and O–H groups in total. The van der Waals surface area contributed by atoms with E-state index >= 15 is 0 Å². The Morgan fingerprint density at radius 3 is 2.68 bits per heavy atom. The van der Waals surface area contributed by atoms with Crippen molar-refractivity contribution in [2.75, 3.05) is 26.8 Å². The zero-order chi connectivity index (χ0) is 20.1. The lowest BCUT2D eigenvalue weighted by Gasteiger charge is -2.25. The van der Waals surface area contributed by atoms with Crippen molar-refractivity contribution in [3.05, 3.63) is 65.2 Å². The van der Waals surface area contributed by atoms with Crippen LogP contribution in [0.3, 0.4) is 0 Å². The second-order valence-corrected chi connectivity index (χ2v) is 8.75. The molecular weight excluding hydrogens is 376 g/mol. The van der Waals surface area contributed by atoms with Crippen LogP contribution in [0.1, 0.15) is 40.4 Å². The molecule has 3 rings (SSSR count). The molecule has 28 heavy (non-hydrogen) atoms. The summed E-state index contributed by atoms with van der Waals surface area (Å²) in [7, 11) is -2.18. The van der Waals surface area contributed by atoms with Gasteiger partial charge in [0.05, 0.1) is 17.5 Å². The Morgan fingerprint density at radius 2 is 1.96 bits per heavy atom. The SMILES string of the molecule is COCCNS(=O)(=O)c1cccc(C(=O)N2CCCC2c2ccc(C)cc2)c1. The number of sulfonamides is 1. The monoisotopic (exact) mass is 402 g/mol. The van der Waals surface area contributed by atoms with E-state index in [1.54, 1.807) is 12.1 Å². The molecule has 1 unspecified atom stereocenters. The fourth-order valence-electron chi connectivity index (χ4n) is 3.47. The summed E-state index contributed by atoms with van der Waals surface area (Å²) in [6, 6.07) is 14.5. The molecule has 1 atom stereocenters. The number of amides is 1. The molecule has 0 spiro atoms. The van der Waals surface area contributed by atoms with Crippen molar-refractivity contribution in [3.63, 3.8) is 0 Å². The molecule has 0 aromatic heterocycles. The number of methoxy groups -OCH3 is 1. The molecular formula is C21H26N2O4S. The van der Waals surface area contributed by atoms with Gasteiger partial charge in [-0.2, -0.15) is 0 Å². The van der Waals surface area contributed by atoms with Gasteiger partial charge in [-0.15, -0.1) is 0 Å². The van der Waals surface area contributed by atoms with Gasteiger partial charge >= 0.3 is 0 Å². The highest BCUT2D eigenvalue weighted by atomic mass is 32.2. The molecule has 1 heterocycles. The third kappa shape index (κ3) is 4.60. The molecule has 6 nitrogen and oxygen atoms in total. The maximum Gasteiger partial charge on any atom is 0.254 e. The second kappa shape index (κ2) is 8.86. The Balaban J connectivity index is 1.81. The van der Waals surface area contributed by atoms with Gasteiger partial charge in [0.25, 0.3) is 5.91 Å². The smallest absolute Gasteiger partial charge is 0.254 e. The molecule has 1 aliphatic heterocycles. The van der Waals surface area contributed by atoms with Gasteiger partial charge in [0.1, 0.15) is 0 Å². The predicted octanol–water partition coefficient (Wildman–Crippen LogP) is 2.90. The van der Waals surface area contributed by atoms with Crippen molar-refractivity contribution in [1.29, 1.82) is 0 Å². The number of carbonyl (C=O) groups is 1. The average Bonchev–Trinajstić information content (AvgIpc) is 3.18. The van der Waals surface area contributed by atoms with Gasteiger partial charge in [0.15, 0.2) is 0 Å². The maximum absolute atomic E-state index is 13.1. The normalized spacial score (nSPS) is 17.1. The highest BCUT2D eigenvalue weighted by Gasteiger charge is 2.31. The van der Waals surface area contributed by atoms with Gasteiger partial charge in [0, 0.05) is 25.8 Å². The molecule has 7 heteroatoms. The van der Waals surface area contributed by atoms with Crippen molar-refractivity contribution >= 4 is 15.9 Å². The molecule has 0 saturated carbocycles. The van der Waals surface area contributed by atoms with Crippen LogP contribution < -0.4 is 4.72 Å². The summed E-state index contributed by atoms with van der Waals surface area (Å²) in [6.07, 6.45) is 1.84. The first kappa shape index (κ1) is 20.5. The first-order valence-corrected chi connectivity index (χ1v) is 10.9. The Morgan fingerprint density at radius 1 is 1.21 bits per heavy atom. The summed E-state index contributed by atoms with van der Waals surface area (Å²) >= 11 is 0. The van der Waals surface area contributed by atoms with Gasteiger partial charge in [-0.25, -0.2) is 13.1 Å². The number of nitrogens with zero attached hydrogens (tertiary/aromatic N) is 1. The topological polar surface area (TPSA) is 75.7 Å². The summed E-state index contributed by atoms with van der Waals surface area (Å²) < 4.78 is 32.2. The van der Waals surface area contributed by atoms with Crippen LogP contribution in [-0.4, -0.2) is 46.0 Å². The van der Waals surface area contributed by atoms with E-state index in [9.17, 15) is 13.2 Å². The first-order chi connectivity index (χ1) is 13.4. The number of benzene rings is 2. The van der Waals surface area contributed by atoms with E-state index < -0.39 is 10.0 Å². The predicted molar refractivity (Wildman–Crippen MR) is 108 cm³/mol. The van der Waals surface area contributed by atoms with E-state index in [-0.39, 0.29) is 30.0 Å². The Labute approximate surface area is 166 Å². The lowest BCUT2D eigenvalue weighted by atomic mass is 10.0. The van der Waals surface area contributed by atoms with E-state index in [0.717, 1.165) is 18.4 Å². The lowest BCUT2D eigenvalue weighted by molar-refractivity contribution is 0.0735. The molecule has 150 valence electrons. The fourth-order valence-corrected chi connectivity index (χ4v) is 4.53. The molecule has 1 aliphatic rings. The number of ether oxygens (including phenoxy) is 1. The summed E-state index contributed by atoms with van der Waals surface area (Å²) in [4.78, 5) is 15.1. The first-order valence-electron chi connectivity index (χ1n) is 9.38. The molecule has 1 fully saturated rings. The van der Waals surface area contributed by atoms with Crippen LogP contribution >= 0.6 is 0 Å². The van der Waals surface area contributed by atoms with Gasteiger partial charge in [0.2, 0.25) is 10.0 Å². The minimum Gasteiger partial charge on any atom is -0.383 e. The van der Waals surface area contributed by atoms with Gasteiger partial charge < -0.3 is 9.64 Å². The van der Waals surface area contributed by atoms with E-state index in [1.807, 2.05) is 11.8 Å². The molecule has 0 bridgehead atoms. The maximum atomic E-state index is 13.1. The number of rotatable bonds is 7. The van der Waals surface area contributed by atoms with Crippen molar-refractivity contribution in [2.24, 2.45) is 0 Å². The van der Waals surface area contributed by atoms with Crippen LogP contribution in [-0.2, 0) is 14.8 Å². The van der Waals surface area contributed by atoms with Crippen molar-refractivity contribution in [2.45, 2.75) is 30.7 Å². The zero-order valence-corrected chi connectivity index (χ0v) is 17.0. The van der Waals surface area contributed by atoms with Crippen LogP contribution in [0.4, 0.5) is 0 Å². The quantitative estimate of drug-likeness (QED) is 0.723. The summed E-state index contributed by atoms with van der Waals surface area (Å²) in [5.41, 5.74) is 2.67. The Bertz CT molecular complexity index is 926. The fraction of sp³-hybridized carbons (Fsp3) is 0.381. The molecule has 0 aliphatic carbocycles. The van der Waals surface area contributed by atoms with Gasteiger partial charge in [-0.05, 0) is 43.5 Å². The van der Waals surface area contributed by atoms with Crippen LogP contribution in [0.15, 0.2) is 53.4 Å². The van der Waals surface area contributed by atoms with E-state index in [2.05, 4.69) is 29.0 Å². The molecule has 2 aromatic carbocycles. The molecule has 1 saturated heterocycles. The molecule has 1 amide bonds. The van der Waals surface area contributed by atoms with Crippen molar-refractivity contribution in [1.82, 2.24) is 9.62 Å². The average molecular weight is 403 g/mol. The standard InChI is InChI=1S/C21H26N2O4S/c1-16-8-10-17(11-9-16)20-7-4-13-23(20)21(24)18-5-3-6-19(15-18)28(25,26)22-12-14-27-2/h3,5-6,8-11,15,20,22H,4,7,12-14H2,1-2H3. The zero-order valence-electron chi connectivity index (χ0n) is 16.2. The number of likely N-dealkylation sites (tertiary alicyclic amines) is 1. The lowest BCUT2D eigenvalue weighted by Crippen LogP contribution is -2.31. The second-order valence-electron chi connectivity index (χ2n) is 6.99. The third-order valence-electron chi connectivity index (χ3n) is 4.97. The third-order valence-corrected chi connectivity index (χ3v) is 6.42. The Kier molecular flexibility index (Phi) is 6.49. The van der Waals surface area contributed by atoms with Crippen LogP contribution in [0, 0.1) is 6.92 Å². The van der Waals surface area contributed by atoms with Crippen LogP contribution in [0.25, 0.3) is 0 Å². The number of hydrogen-bond acceptors (Lipinski definition) is 4. The highest BCUT2D eigenvalue weighted by Crippen LogP contribution is 2.33. The molecule has 2 aromatic rings. The van der Waals surface area contributed by atoms with E-state index in [4.69, 9.17) is 4.74 Å². The summed E-state index contributed by atoms with van der Waals surface area (Å²) in [5.74, 6) is -0.142. The van der Waals surface area contributed by atoms with E-state index in [0.29, 0.717) is 12.1 Å². The number of aryl methyl sites for hydroxylation is 1.